The summed E-state index contributed by atoms with van der Waals surface area (Å²) in [5.41, 5.74) is 2.33. The highest BCUT2D eigenvalue weighted by Crippen LogP contribution is 2.38. The first-order chi connectivity index (χ1) is 11.8. The number of nitrogens with zero attached hydrogens (tertiary/aromatic N) is 1. The molecule has 0 saturated carbocycles. The Morgan fingerprint density at radius 3 is 1.72 bits per heavy atom. The van der Waals surface area contributed by atoms with E-state index in [-0.39, 0.29) is 16.9 Å². The van der Waals surface area contributed by atoms with Gasteiger partial charge in [-0.1, -0.05) is 81.4 Å². The fourth-order valence-electron chi connectivity index (χ4n) is 2.70. The van der Waals surface area contributed by atoms with E-state index in [4.69, 9.17) is 4.43 Å². The molecular weight excluding hydrogens is 322 g/mol. The van der Waals surface area contributed by atoms with Crippen LogP contribution >= 0.6 is 0 Å². The highest BCUT2D eigenvalue weighted by Gasteiger charge is 2.38. The standard InChI is InChI=1S/C22H29NOSi/c1-22(2,3)25(4,5)24-17-20(16-23)21(18-12-8-6-9-13-18)19-14-10-7-11-15-19/h6-15,20-21H,17H2,1-5H3. The van der Waals surface area contributed by atoms with E-state index in [1.165, 1.54) is 11.1 Å². The van der Waals surface area contributed by atoms with Crippen molar-refractivity contribution in [3.05, 3.63) is 71.8 Å². The first-order valence-electron chi connectivity index (χ1n) is 8.90. The molecule has 0 saturated heterocycles. The molecular formula is C22H29NOSi. The lowest BCUT2D eigenvalue weighted by molar-refractivity contribution is 0.244. The molecule has 0 aliphatic rings. The number of hydrogen-bond acceptors (Lipinski definition) is 2. The van der Waals surface area contributed by atoms with Crippen LogP contribution in [0.1, 0.15) is 37.8 Å². The Morgan fingerprint density at radius 1 is 0.920 bits per heavy atom. The first-order valence-corrected chi connectivity index (χ1v) is 11.8. The van der Waals surface area contributed by atoms with E-state index in [1.54, 1.807) is 0 Å². The molecule has 1 atom stereocenters. The molecule has 2 aromatic carbocycles. The molecule has 0 aromatic heterocycles. The number of rotatable bonds is 6. The van der Waals surface area contributed by atoms with Crippen molar-refractivity contribution in [2.24, 2.45) is 5.92 Å². The average molecular weight is 352 g/mol. The number of hydrogen-bond donors (Lipinski definition) is 0. The molecule has 0 fully saturated rings. The van der Waals surface area contributed by atoms with Gasteiger partial charge in [0, 0.05) is 5.92 Å². The zero-order chi connectivity index (χ0) is 18.5. The topological polar surface area (TPSA) is 33.0 Å². The SMILES string of the molecule is CC(C)(C)[Si](C)(C)OCC(C#N)C(c1ccccc1)c1ccccc1. The Bertz CT molecular complexity index is 659. The molecule has 0 spiro atoms. The van der Waals surface area contributed by atoms with Crippen LogP contribution in [0.5, 0.6) is 0 Å². The third-order valence-electron chi connectivity index (χ3n) is 5.32. The Labute approximate surface area is 153 Å². The quantitative estimate of drug-likeness (QED) is 0.600. The molecule has 0 bridgehead atoms. The maximum absolute atomic E-state index is 9.90. The largest absolute Gasteiger partial charge is 0.415 e. The summed E-state index contributed by atoms with van der Waals surface area (Å²) in [6.07, 6.45) is 0. The van der Waals surface area contributed by atoms with Gasteiger partial charge < -0.3 is 4.43 Å². The zero-order valence-corrected chi connectivity index (χ0v) is 17.0. The molecule has 2 aromatic rings. The Balaban J connectivity index is 2.31. The van der Waals surface area contributed by atoms with Gasteiger partial charge in [0.1, 0.15) is 0 Å². The predicted octanol–water partition coefficient (Wildman–Crippen LogP) is 5.98. The van der Waals surface area contributed by atoms with Crippen molar-refractivity contribution in [1.29, 1.82) is 5.26 Å². The van der Waals surface area contributed by atoms with Crippen LogP contribution in [0.4, 0.5) is 0 Å². The Kier molecular flexibility index (Phi) is 6.21. The minimum absolute atomic E-state index is 0.0252. The highest BCUT2D eigenvalue weighted by atomic mass is 28.4. The molecule has 0 aliphatic heterocycles. The minimum Gasteiger partial charge on any atom is -0.415 e. The van der Waals surface area contributed by atoms with Crippen LogP contribution < -0.4 is 0 Å². The monoisotopic (exact) mass is 351 g/mol. The molecule has 2 nitrogen and oxygen atoms in total. The van der Waals surface area contributed by atoms with Gasteiger partial charge in [0.05, 0.1) is 18.6 Å². The van der Waals surface area contributed by atoms with Crippen LogP contribution in [-0.4, -0.2) is 14.9 Å². The second-order valence-electron chi connectivity index (χ2n) is 8.11. The van der Waals surface area contributed by atoms with Crippen LogP contribution in [0.15, 0.2) is 60.7 Å². The summed E-state index contributed by atoms with van der Waals surface area (Å²) in [5.74, 6) is -0.184. The Morgan fingerprint density at radius 2 is 1.36 bits per heavy atom. The van der Waals surface area contributed by atoms with Crippen molar-refractivity contribution in [2.75, 3.05) is 6.61 Å². The molecule has 0 radical (unpaired) electrons. The van der Waals surface area contributed by atoms with Gasteiger partial charge in [0.15, 0.2) is 8.32 Å². The number of benzene rings is 2. The summed E-state index contributed by atoms with van der Waals surface area (Å²) in [6.45, 7) is 11.6. The highest BCUT2D eigenvalue weighted by molar-refractivity contribution is 6.74. The predicted molar refractivity (Wildman–Crippen MR) is 107 cm³/mol. The van der Waals surface area contributed by atoms with Gasteiger partial charge in [0.2, 0.25) is 0 Å². The molecule has 0 aliphatic carbocycles. The summed E-state index contributed by atoms with van der Waals surface area (Å²) in [6, 6.07) is 23.1. The second-order valence-corrected chi connectivity index (χ2v) is 12.9. The van der Waals surface area contributed by atoms with Gasteiger partial charge in [-0.05, 0) is 29.3 Å². The van der Waals surface area contributed by atoms with E-state index in [2.05, 4.69) is 64.2 Å². The Hall–Kier alpha value is -1.89. The first kappa shape index (κ1) is 19.4. The summed E-state index contributed by atoms with van der Waals surface area (Å²) in [5, 5.41) is 10.0. The van der Waals surface area contributed by atoms with Crippen LogP contribution in [0.2, 0.25) is 18.1 Å². The van der Waals surface area contributed by atoms with Gasteiger partial charge in [-0.25, -0.2) is 0 Å². The summed E-state index contributed by atoms with van der Waals surface area (Å²) < 4.78 is 6.39. The summed E-state index contributed by atoms with van der Waals surface area (Å²) in [7, 11) is -1.88. The fraction of sp³-hybridized carbons (Fsp3) is 0.409. The van der Waals surface area contributed by atoms with Gasteiger partial charge in [-0.2, -0.15) is 5.26 Å². The van der Waals surface area contributed by atoms with E-state index in [0.29, 0.717) is 6.61 Å². The van der Waals surface area contributed by atoms with E-state index in [0.717, 1.165) is 0 Å². The van der Waals surface area contributed by atoms with Crippen molar-refractivity contribution in [3.63, 3.8) is 0 Å². The third-order valence-corrected chi connectivity index (χ3v) is 9.82. The maximum atomic E-state index is 9.90. The lowest BCUT2D eigenvalue weighted by atomic mass is 9.82. The van der Waals surface area contributed by atoms with Crippen LogP contribution in [-0.2, 0) is 4.43 Å². The van der Waals surface area contributed by atoms with Crippen molar-refractivity contribution in [3.8, 4) is 6.07 Å². The zero-order valence-electron chi connectivity index (χ0n) is 16.0. The van der Waals surface area contributed by atoms with Gasteiger partial charge in [-0.3, -0.25) is 0 Å². The van der Waals surface area contributed by atoms with E-state index < -0.39 is 8.32 Å². The minimum atomic E-state index is -1.88. The van der Waals surface area contributed by atoms with Gasteiger partial charge in [-0.15, -0.1) is 0 Å². The summed E-state index contributed by atoms with van der Waals surface area (Å²) in [4.78, 5) is 0. The van der Waals surface area contributed by atoms with E-state index >= 15 is 0 Å². The van der Waals surface area contributed by atoms with Crippen LogP contribution in [0.3, 0.4) is 0 Å². The van der Waals surface area contributed by atoms with E-state index in [1.807, 2.05) is 36.4 Å². The number of nitriles is 1. The molecule has 3 heteroatoms. The van der Waals surface area contributed by atoms with Gasteiger partial charge >= 0.3 is 0 Å². The molecule has 0 heterocycles. The van der Waals surface area contributed by atoms with Crippen molar-refractivity contribution >= 4 is 8.32 Å². The van der Waals surface area contributed by atoms with E-state index in [9.17, 15) is 5.26 Å². The third kappa shape index (κ3) is 4.81. The molecule has 1 unspecified atom stereocenters. The smallest absolute Gasteiger partial charge is 0.192 e. The van der Waals surface area contributed by atoms with Crippen LogP contribution in [0.25, 0.3) is 0 Å². The van der Waals surface area contributed by atoms with Crippen molar-refractivity contribution in [1.82, 2.24) is 0 Å². The normalized spacial score (nSPS) is 13.5. The van der Waals surface area contributed by atoms with Crippen molar-refractivity contribution < 1.29 is 4.43 Å². The van der Waals surface area contributed by atoms with Crippen molar-refractivity contribution in [2.45, 2.75) is 44.8 Å². The lowest BCUT2D eigenvalue weighted by Crippen LogP contribution is -2.42. The molecule has 0 amide bonds. The summed E-state index contributed by atoms with van der Waals surface area (Å²) >= 11 is 0. The van der Waals surface area contributed by atoms with Crippen LogP contribution in [0, 0.1) is 17.2 Å². The second kappa shape index (κ2) is 7.99. The molecule has 0 N–H and O–H groups in total. The molecule has 2 rings (SSSR count). The fourth-order valence-corrected chi connectivity index (χ4v) is 3.73. The average Bonchev–Trinajstić information content (AvgIpc) is 2.59. The lowest BCUT2D eigenvalue weighted by Gasteiger charge is -2.37. The maximum Gasteiger partial charge on any atom is 0.192 e. The van der Waals surface area contributed by atoms with Gasteiger partial charge in [0.25, 0.3) is 0 Å². The molecule has 132 valence electrons. The molecule has 25 heavy (non-hydrogen) atoms.